The Hall–Kier alpha value is 1.63. The van der Waals surface area contributed by atoms with E-state index in [4.69, 9.17) is 0 Å². The van der Waals surface area contributed by atoms with Crippen LogP contribution in [0.5, 0.6) is 0 Å². The van der Waals surface area contributed by atoms with Gasteiger partial charge in [-0.15, -0.1) is 0 Å². The molecule has 0 unspecified atom stereocenters. The van der Waals surface area contributed by atoms with Gasteiger partial charge in [0, 0.05) is 0 Å². The summed E-state index contributed by atoms with van der Waals surface area (Å²) in [4.78, 5) is 0. The zero-order chi connectivity index (χ0) is 20.2. The van der Waals surface area contributed by atoms with Crippen molar-refractivity contribution < 1.29 is 0 Å². The summed E-state index contributed by atoms with van der Waals surface area (Å²) in [6.45, 7) is 39.6. The standard InChI is InChI=1S/C18H45GeSi5/c1-16(2,3)22(10,11)20(19)21(23(12,13)17(4,5)6)24(14,15)18(7,8)9/h1-15H3. The Balaban J connectivity index is 6.58. The van der Waals surface area contributed by atoms with Crippen LogP contribution >= 0.6 is 0 Å². The van der Waals surface area contributed by atoms with Crippen LogP contribution in [0.2, 0.25) is 54.4 Å². The molecule has 0 aliphatic heterocycles. The van der Waals surface area contributed by atoms with Gasteiger partial charge in [0.2, 0.25) is 0 Å². The molecule has 141 valence electrons. The third-order valence-electron chi connectivity index (χ3n) is 7.75. The van der Waals surface area contributed by atoms with Gasteiger partial charge in [-0.2, -0.15) is 0 Å². The molecular weight excluding hydrogens is 429 g/mol. The van der Waals surface area contributed by atoms with Crippen LogP contribution in [-0.2, 0) is 0 Å². The molecule has 0 heterocycles. The van der Waals surface area contributed by atoms with Crippen molar-refractivity contribution in [1.29, 1.82) is 0 Å². The van der Waals surface area contributed by atoms with Crippen molar-refractivity contribution in [1.82, 2.24) is 0 Å². The molecule has 0 amide bonds. The molecule has 6 heteroatoms. The molecule has 0 aromatic heterocycles. The van der Waals surface area contributed by atoms with Gasteiger partial charge in [0.05, 0.1) is 0 Å². The van der Waals surface area contributed by atoms with Crippen molar-refractivity contribution in [3.05, 3.63) is 0 Å². The average Bonchev–Trinajstić information content (AvgIpc) is 2.23. The Bertz CT molecular complexity index is 447. The zero-order valence-corrected chi connectivity index (χ0v) is 26.6. The predicted octanol–water partition coefficient (Wildman–Crippen LogP) is 6.48. The fourth-order valence-electron chi connectivity index (χ4n) is 2.84. The van der Waals surface area contributed by atoms with Gasteiger partial charge in [-0.3, -0.25) is 0 Å². The second-order valence-electron chi connectivity index (χ2n) is 12.4. The first-order valence-electron chi connectivity index (χ1n) is 9.50. The summed E-state index contributed by atoms with van der Waals surface area (Å²) in [7, 11) is -4.09. The Labute approximate surface area is 167 Å². The summed E-state index contributed by atoms with van der Waals surface area (Å²) >= 11 is 2.80. The molecule has 0 rings (SSSR count). The van der Waals surface area contributed by atoms with E-state index in [-0.39, 0.29) is 13.2 Å². The van der Waals surface area contributed by atoms with E-state index < -0.39 is 22.8 Å². The van der Waals surface area contributed by atoms with Gasteiger partial charge < -0.3 is 0 Å². The van der Waals surface area contributed by atoms with Crippen molar-refractivity contribution in [2.24, 2.45) is 0 Å². The van der Waals surface area contributed by atoms with Gasteiger partial charge in [-0.1, -0.05) is 0 Å². The molecule has 0 spiro atoms. The van der Waals surface area contributed by atoms with E-state index in [1.165, 1.54) is 0 Å². The first kappa shape index (κ1) is 25.6. The van der Waals surface area contributed by atoms with Gasteiger partial charge in [-0.25, -0.2) is 0 Å². The molecule has 24 heavy (non-hydrogen) atoms. The maximum absolute atomic E-state index is 2.80. The zero-order valence-electron chi connectivity index (χ0n) is 19.5. The van der Waals surface area contributed by atoms with Crippen LogP contribution in [0.15, 0.2) is 0 Å². The summed E-state index contributed by atoms with van der Waals surface area (Å²) in [6, 6.07) is 0. The van der Waals surface area contributed by atoms with Crippen LogP contribution in [0.3, 0.4) is 0 Å². The van der Waals surface area contributed by atoms with Gasteiger partial charge in [0.25, 0.3) is 0 Å². The summed E-state index contributed by atoms with van der Waals surface area (Å²) in [6.07, 6.45) is 0. The average molecular weight is 475 g/mol. The molecule has 0 N–H and O–H groups in total. The normalized spacial score (nSPS) is 15.8. The monoisotopic (exact) mass is 475 g/mol. The van der Waals surface area contributed by atoms with Crippen molar-refractivity contribution in [2.45, 2.75) is 117 Å². The Kier molecular flexibility index (Phi) is 7.71. The third-order valence-corrected chi connectivity index (χ3v) is 108. The van der Waals surface area contributed by atoms with Crippen molar-refractivity contribution >= 4 is 51.4 Å². The van der Waals surface area contributed by atoms with E-state index in [1.807, 2.05) is 0 Å². The molecule has 0 nitrogen and oxygen atoms in total. The van der Waals surface area contributed by atoms with Crippen molar-refractivity contribution in [3.8, 4) is 0 Å². The Morgan fingerprint density at radius 3 is 0.875 bits per heavy atom. The van der Waals surface area contributed by atoms with Gasteiger partial charge in [-0.05, 0) is 0 Å². The molecule has 3 radical (unpaired) electrons. The quantitative estimate of drug-likeness (QED) is 0.409. The van der Waals surface area contributed by atoms with E-state index in [0.29, 0.717) is 15.1 Å². The first-order valence-corrected chi connectivity index (χ1v) is 28.6. The molecule has 0 aromatic rings. The minimum absolute atomic E-state index is 0.276. The van der Waals surface area contributed by atoms with Gasteiger partial charge >= 0.3 is 168 Å². The fraction of sp³-hybridized carbons (Fsp3) is 1.00. The molecule has 0 fully saturated rings. The van der Waals surface area contributed by atoms with E-state index >= 15 is 0 Å². The molecule has 0 saturated carbocycles. The fourth-order valence-corrected chi connectivity index (χ4v) is 150. The molecule has 0 bridgehead atoms. The SMILES string of the molecule is CC(C)(C)[Si](C)(C)[Si]([Si](=[Ge])[Si](C)(C)C(C)(C)C)[Si](C)(C)C(C)(C)C. The molecule has 0 aliphatic rings. The number of hydrogen-bond acceptors (Lipinski definition) is 0. The van der Waals surface area contributed by atoms with E-state index in [1.54, 1.807) is 0 Å². The first-order chi connectivity index (χ1) is 10.0. The summed E-state index contributed by atoms with van der Waals surface area (Å²) in [5, 5.41) is 1.60. The molecule has 0 aliphatic carbocycles. The Morgan fingerprint density at radius 1 is 0.500 bits per heavy atom. The van der Waals surface area contributed by atoms with Crippen LogP contribution in [0.1, 0.15) is 62.3 Å². The summed E-state index contributed by atoms with van der Waals surface area (Å²) in [5.41, 5.74) is 0. The number of rotatable bonds is 4. The van der Waals surface area contributed by atoms with E-state index in [0.717, 1.165) is 0 Å². The maximum atomic E-state index is 2.80. The second kappa shape index (κ2) is 7.22. The van der Waals surface area contributed by atoms with E-state index in [9.17, 15) is 0 Å². The van der Waals surface area contributed by atoms with Crippen LogP contribution in [-0.4, -0.2) is 51.4 Å². The van der Waals surface area contributed by atoms with E-state index in [2.05, 4.69) is 117 Å². The summed E-state index contributed by atoms with van der Waals surface area (Å²) < 4.78 is 0. The topological polar surface area (TPSA) is 0 Å². The molecule has 0 atom stereocenters. The third kappa shape index (κ3) is 4.72. The second-order valence-corrected chi connectivity index (χ2v) is 62.3. The van der Waals surface area contributed by atoms with Crippen LogP contribution in [0.4, 0.5) is 0 Å². The summed E-state index contributed by atoms with van der Waals surface area (Å²) in [5.74, 6) is -0.276. The minimum atomic E-state index is -1.29. The predicted molar refractivity (Wildman–Crippen MR) is 129 cm³/mol. The molecule has 0 saturated heterocycles. The van der Waals surface area contributed by atoms with Gasteiger partial charge in [0.15, 0.2) is 0 Å². The van der Waals surface area contributed by atoms with Crippen LogP contribution in [0.25, 0.3) is 0 Å². The Morgan fingerprint density at radius 2 is 0.708 bits per heavy atom. The molecule has 0 aromatic carbocycles. The molecular formula is C18H45GeSi5. The number of hydrogen-bond donors (Lipinski definition) is 0. The van der Waals surface area contributed by atoms with Crippen LogP contribution in [0, 0.1) is 0 Å². The van der Waals surface area contributed by atoms with Gasteiger partial charge in [0.1, 0.15) is 0 Å². The van der Waals surface area contributed by atoms with Crippen molar-refractivity contribution in [3.63, 3.8) is 0 Å². The van der Waals surface area contributed by atoms with Crippen LogP contribution < -0.4 is 0 Å². The van der Waals surface area contributed by atoms with Crippen molar-refractivity contribution in [2.75, 3.05) is 0 Å².